The molecule has 17 heavy (non-hydrogen) atoms. The van der Waals surface area contributed by atoms with E-state index in [0.717, 1.165) is 11.3 Å². The number of amides is 1. The lowest BCUT2D eigenvalue weighted by Gasteiger charge is -2.16. The molecular weight excluding hydrogens is 240 g/mol. The molecule has 0 bridgehead atoms. The van der Waals surface area contributed by atoms with Gasteiger partial charge in [-0.05, 0) is 20.3 Å². The van der Waals surface area contributed by atoms with Crippen LogP contribution in [0.25, 0.3) is 0 Å². The molecule has 1 rings (SSSR count). The Morgan fingerprint density at radius 3 is 2.65 bits per heavy atom. The first-order valence-corrected chi connectivity index (χ1v) is 5.51. The number of hydrogen-bond acceptors (Lipinski definition) is 3. The molecule has 1 unspecified atom stereocenters. The number of carbonyl (C=O) groups excluding carboxylic acids is 1. The van der Waals surface area contributed by atoms with Gasteiger partial charge >= 0.3 is 0 Å². The fourth-order valence-electron chi connectivity index (χ4n) is 1.52. The van der Waals surface area contributed by atoms with Crippen LogP contribution in [0.1, 0.15) is 37.6 Å². The zero-order valence-electron chi connectivity index (χ0n) is 10.7. The van der Waals surface area contributed by atoms with Crippen LogP contribution in [0.5, 0.6) is 0 Å². The quantitative estimate of drug-likeness (QED) is 0.850. The largest absolute Gasteiger partial charge is 0.348 e. The SMILES string of the molecule is CC[C@H](N)C(=O)NC(C)c1cnn(C)c1C.Cl. The third-order valence-electron chi connectivity index (χ3n) is 2.88. The highest BCUT2D eigenvalue weighted by Gasteiger charge is 2.17. The van der Waals surface area contributed by atoms with Gasteiger partial charge in [-0.1, -0.05) is 6.92 Å². The second-order valence-corrected chi connectivity index (χ2v) is 4.05. The second-order valence-electron chi connectivity index (χ2n) is 4.05. The van der Waals surface area contributed by atoms with Crippen LogP contribution in [0.2, 0.25) is 0 Å². The highest BCUT2D eigenvalue weighted by Crippen LogP contribution is 2.15. The summed E-state index contributed by atoms with van der Waals surface area (Å²) in [5.74, 6) is -0.113. The summed E-state index contributed by atoms with van der Waals surface area (Å²) < 4.78 is 1.79. The smallest absolute Gasteiger partial charge is 0.237 e. The molecule has 0 aliphatic rings. The lowest BCUT2D eigenvalue weighted by atomic mass is 10.1. The third-order valence-corrected chi connectivity index (χ3v) is 2.88. The Bertz CT molecular complexity index is 378. The van der Waals surface area contributed by atoms with Crippen LogP contribution in [0, 0.1) is 6.92 Å². The van der Waals surface area contributed by atoms with E-state index in [1.165, 1.54) is 0 Å². The Morgan fingerprint density at radius 2 is 2.24 bits per heavy atom. The monoisotopic (exact) mass is 260 g/mol. The molecule has 0 saturated heterocycles. The van der Waals surface area contributed by atoms with E-state index in [9.17, 15) is 4.79 Å². The van der Waals surface area contributed by atoms with E-state index in [1.54, 1.807) is 10.9 Å². The lowest BCUT2D eigenvalue weighted by molar-refractivity contribution is -0.123. The fraction of sp³-hybridized carbons (Fsp3) is 0.636. The third kappa shape index (κ3) is 3.71. The summed E-state index contributed by atoms with van der Waals surface area (Å²) in [7, 11) is 1.88. The maximum Gasteiger partial charge on any atom is 0.237 e. The van der Waals surface area contributed by atoms with Crippen molar-refractivity contribution < 1.29 is 4.79 Å². The summed E-state index contributed by atoms with van der Waals surface area (Å²) >= 11 is 0. The Balaban J connectivity index is 0.00000256. The summed E-state index contributed by atoms with van der Waals surface area (Å²) in [5, 5.41) is 7.03. The van der Waals surface area contributed by atoms with Crippen LogP contribution in [-0.2, 0) is 11.8 Å². The van der Waals surface area contributed by atoms with Gasteiger partial charge < -0.3 is 11.1 Å². The molecule has 0 spiro atoms. The highest BCUT2D eigenvalue weighted by molar-refractivity contribution is 5.85. The first kappa shape index (κ1) is 15.9. The van der Waals surface area contributed by atoms with Crippen LogP contribution in [-0.4, -0.2) is 21.7 Å². The van der Waals surface area contributed by atoms with Crippen molar-refractivity contribution in [2.45, 2.75) is 39.3 Å². The number of halogens is 1. The van der Waals surface area contributed by atoms with Crippen LogP contribution in [0.15, 0.2) is 6.20 Å². The second kappa shape index (κ2) is 6.61. The highest BCUT2D eigenvalue weighted by atomic mass is 35.5. The van der Waals surface area contributed by atoms with Gasteiger partial charge in [0, 0.05) is 18.3 Å². The van der Waals surface area contributed by atoms with Crippen molar-refractivity contribution in [1.82, 2.24) is 15.1 Å². The minimum atomic E-state index is -0.431. The van der Waals surface area contributed by atoms with Gasteiger partial charge in [0.2, 0.25) is 5.91 Å². The number of carbonyl (C=O) groups is 1. The molecule has 0 aromatic carbocycles. The molecule has 0 fully saturated rings. The Kier molecular flexibility index (Phi) is 6.20. The predicted molar refractivity (Wildman–Crippen MR) is 70.0 cm³/mol. The van der Waals surface area contributed by atoms with Gasteiger partial charge in [-0.3, -0.25) is 9.48 Å². The zero-order valence-corrected chi connectivity index (χ0v) is 11.5. The van der Waals surface area contributed by atoms with Crippen molar-refractivity contribution in [3.63, 3.8) is 0 Å². The van der Waals surface area contributed by atoms with Crippen LogP contribution >= 0.6 is 12.4 Å². The van der Waals surface area contributed by atoms with E-state index < -0.39 is 6.04 Å². The van der Waals surface area contributed by atoms with E-state index in [2.05, 4.69) is 10.4 Å². The van der Waals surface area contributed by atoms with Crippen molar-refractivity contribution in [3.05, 3.63) is 17.5 Å². The van der Waals surface area contributed by atoms with E-state index in [4.69, 9.17) is 5.73 Å². The van der Waals surface area contributed by atoms with Crippen molar-refractivity contribution in [3.8, 4) is 0 Å². The number of nitrogens with one attached hydrogen (secondary N) is 1. The van der Waals surface area contributed by atoms with E-state index in [0.29, 0.717) is 6.42 Å². The molecule has 98 valence electrons. The summed E-state index contributed by atoms with van der Waals surface area (Å²) in [6.45, 7) is 5.80. The minimum absolute atomic E-state index is 0. The molecule has 6 heteroatoms. The van der Waals surface area contributed by atoms with Crippen molar-refractivity contribution in [2.75, 3.05) is 0 Å². The summed E-state index contributed by atoms with van der Waals surface area (Å²) in [6, 6.07) is -0.488. The number of aromatic nitrogens is 2. The molecule has 1 aromatic heterocycles. The molecule has 0 aliphatic heterocycles. The topological polar surface area (TPSA) is 72.9 Å². The van der Waals surface area contributed by atoms with Crippen LogP contribution in [0.4, 0.5) is 0 Å². The fourth-order valence-corrected chi connectivity index (χ4v) is 1.52. The molecule has 1 aromatic rings. The van der Waals surface area contributed by atoms with Crippen molar-refractivity contribution in [2.24, 2.45) is 12.8 Å². The average molecular weight is 261 g/mol. The normalized spacial score (nSPS) is 13.7. The summed E-state index contributed by atoms with van der Waals surface area (Å²) in [4.78, 5) is 11.6. The zero-order chi connectivity index (χ0) is 12.3. The van der Waals surface area contributed by atoms with Crippen LogP contribution in [0.3, 0.4) is 0 Å². The maximum atomic E-state index is 11.6. The van der Waals surface area contributed by atoms with Gasteiger partial charge in [-0.25, -0.2) is 0 Å². The van der Waals surface area contributed by atoms with Crippen molar-refractivity contribution >= 4 is 18.3 Å². The molecule has 1 amide bonds. The molecule has 3 N–H and O–H groups in total. The Morgan fingerprint density at radius 1 is 1.65 bits per heavy atom. The number of hydrogen-bond donors (Lipinski definition) is 2. The standard InChI is InChI=1S/C11H20N4O.ClH/c1-5-10(12)11(16)14-7(2)9-6-13-15(4)8(9)3;/h6-7,10H,5,12H2,1-4H3,(H,14,16);1H/t7?,10-;/m0./s1. The van der Waals surface area contributed by atoms with Gasteiger partial charge in [-0.15, -0.1) is 12.4 Å². The van der Waals surface area contributed by atoms with Gasteiger partial charge in [0.15, 0.2) is 0 Å². The first-order chi connectivity index (χ1) is 7.47. The van der Waals surface area contributed by atoms with E-state index in [-0.39, 0.29) is 24.4 Å². The summed E-state index contributed by atoms with van der Waals surface area (Å²) in [6.07, 6.45) is 2.42. The van der Waals surface area contributed by atoms with Gasteiger partial charge in [-0.2, -0.15) is 5.10 Å². The van der Waals surface area contributed by atoms with Gasteiger partial charge in [0.25, 0.3) is 0 Å². The Hall–Kier alpha value is -1.07. The minimum Gasteiger partial charge on any atom is -0.348 e. The van der Waals surface area contributed by atoms with Crippen molar-refractivity contribution in [1.29, 1.82) is 0 Å². The van der Waals surface area contributed by atoms with E-state index in [1.807, 2.05) is 27.8 Å². The molecule has 2 atom stereocenters. The predicted octanol–water partition coefficient (Wildman–Crippen LogP) is 1.06. The number of nitrogens with zero attached hydrogens (tertiary/aromatic N) is 2. The maximum absolute atomic E-state index is 11.6. The molecule has 0 aliphatic carbocycles. The first-order valence-electron chi connectivity index (χ1n) is 5.51. The number of rotatable bonds is 4. The van der Waals surface area contributed by atoms with E-state index >= 15 is 0 Å². The molecule has 5 nitrogen and oxygen atoms in total. The number of aryl methyl sites for hydroxylation is 1. The molecule has 1 heterocycles. The van der Waals surface area contributed by atoms with Gasteiger partial charge in [0.1, 0.15) is 0 Å². The molecule has 0 radical (unpaired) electrons. The lowest BCUT2D eigenvalue weighted by Crippen LogP contribution is -2.41. The average Bonchev–Trinajstić information content (AvgIpc) is 2.58. The van der Waals surface area contributed by atoms with Crippen LogP contribution < -0.4 is 11.1 Å². The summed E-state index contributed by atoms with van der Waals surface area (Å²) in [5.41, 5.74) is 7.73. The molecular formula is C11H21ClN4O. The van der Waals surface area contributed by atoms with Gasteiger partial charge in [0.05, 0.1) is 18.3 Å². The Labute approximate surface area is 108 Å². The number of nitrogens with two attached hydrogens (primary N) is 1. The molecule has 0 saturated carbocycles.